The quantitative estimate of drug-likeness (QED) is 0.354. The molecule has 0 radical (unpaired) electrons. The van der Waals surface area contributed by atoms with E-state index in [-0.39, 0.29) is 22.2 Å². The molecule has 0 aliphatic carbocycles. The van der Waals surface area contributed by atoms with Crippen molar-refractivity contribution in [1.29, 1.82) is 0 Å². The Morgan fingerprint density at radius 1 is 0.947 bits per heavy atom. The maximum absolute atomic E-state index is 13.7. The molecule has 0 aromatic heterocycles. The number of carbonyl (C=O) groups is 2. The number of hydrogen-bond acceptors (Lipinski definition) is 5. The van der Waals surface area contributed by atoms with Gasteiger partial charge in [0.05, 0.1) is 27.7 Å². The second-order valence-electron chi connectivity index (χ2n) is 8.22. The molecule has 3 aromatic carbocycles. The Bertz CT molecular complexity index is 1400. The van der Waals surface area contributed by atoms with E-state index in [0.29, 0.717) is 21.4 Å². The van der Waals surface area contributed by atoms with Crippen LogP contribution in [-0.4, -0.2) is 51.9 Å². The van der Waals surface area contributed by atoms with Crippen LogP contribution >= 0.6 is 34.8 Å². The monoisotopic (exact) mass is 597 g/mol. The molecule has 2 amide bonds. The minimum absolute atomic E-state index is 0.0125. The Balaban J connectivity index is 2.03. The first-order valence-electron chi connectivity index (χ1n) is 11.3. The number of carbonyl (C=O) groups excluding carboxylic acids is 2. The van der Waals surface area contributed by atoms with Gasteiger partial charge in [-0.2, -0.15) is 0 Å². The molecule has 0 saturated heterocycles. The molecule has 12 heteroatoms. The van der Waals surface area contributed by atoms with Crippen molar-refractivity contribution in [3.63, 3.8) is 0 Å². The number of rotatable bonds is 10. The summed E-state index contributed by atoms with van der Waals surface area (Å²) in [5.74, 6) is -0.557. The van der Waals surface area contributed by atoms with Crippen LogP contribution in [0.4, 0.5) is 5.69 Å². The number of ether oxygens (including phenoxy) is 1. The largest absolute Gasteiger partial charge is 0.497 e. The lowest BCUT2D eigenvalue weighted by molar-refractivity contribution is -0.139. The topological polar surface area (TPSA) is 96.0 Å². The zero-order chi connectivity index (χ0) is 28.0. The van der Waals surface area contributed by atoms with E-state index < -0.39 is 34.4 Å². The van der Waals surface area contributed by atoms with Gasteiger partial charge in [-0.05, 0) is 73.2 Å². The maximum atomic E-state index is 13.7. The summed E-state index contributed by atoms with van der Waals surface area (Å²) in [7, 11) is -1.29. The van der Waals surface area contributed by atoms with Crippen LogP contribution in [0.25, 0.3) is 0 Å². The zero-order valence-electron chi connectivity index (χ0n) is 20.8. The van der Waals surface area contributed by atoms with Crippen LogP contribution < -0.4 is 14.4 Å². The number of sulfonamides is 1. The molecule has 0 fully saturated rings. The molecule has 1 N–H and O–H groups in total. The second kappa shape index (κ2) is 12.7. The van der Waals surface area contributed by atoms with Crippen molar-refractivity contribution in [3.05, 3.63) is 87.4 Å². The van der Waals surface area contributed by atoms with Crippen molar-refractivity contribution >= 4 is 62.3 Å². The molecule has 0 aliphatic rings. The molecule has 38 heavy (non-hydrogen) atoms. The Morgan fingerprint density at radius 2 is 1.58 bits per heavy atom. The van der Waals surface area contributed by atoms with Crippen molar-refractivity contribution in [2.45, 2.75) is 24.4 Å². The predicted octanol–water partition coefficient (Wildman–Crippen LogP) is 5.01. The molecule has 0 saturated carbocycles. The van der Waals surface area contributed by atoms with Crippen molar-refractivity contribution < 1.29 is 22.7 Å². The van der Waals surface area contributed by atoms with Crippen LogP contribution in [0, 0.1) is 0 Å². The number of methoxy groups -OCH3 is 1. The molecule has 0 heterocycles. The highest BCUT2D eigenvalue weighted by atomic mass is 35.5. The van der Waals surface area contributed by atoms with Gasteiger partial charge in [-0.15, -0.1) is 0 Å². The third kappa shape index (κ3) is 6.91. The fourth-order valence-corrected chi connectivity index (χ4v) is 5.50. The van der Waals surface area contributed by atoms with Crippen LogP contribution in [-0.2, 0) is 26.2 Å². The first kappa shape index (κ1) is 29.6. The molecule has 0 bridgehead atoms. The van der Waals surface area contributed by atoms with Gasteiger partial charge in [0.25, 0.3) is 10.0 Å². The van der Waals surface area contributed by atoms with Gasteiger partial charge >= 0.3 is 0 Å². The van der Waals surface area contributed by atoms with Crippen LogP contribution in [0.3, 0.4) is 0 Å². The van der Waals surface area contributed by atoms with Gasteiger partial charge in [0.1, 0.15) is 18.3 Å². The molecule has 3 rings (SSSR count). The van der Waals surface area contributed by atoms with Crippen LogP contribution in [0.2, 0.25) is 15.1 Å². The van der Waals surface area contributed by atoms with Gasteiger partial charge in [0.2, 0.25) is 11.8 Å². The summed E-state index contributed by atoms with van der Waals surface area (Å²) < 4.78 is 33.6. The van der Waals surface area contributed by atoms with Crippen LogP contribution in [0.15, 0.2) is 71.6 Å². The first-order chi connectivity index (χ1) is 18.0. The molecule has 0 aliphatic heterocycles. The highest BCUT2D eigenvalue weighted by Gasteiger charge is 2.32. The predicted molar refractivity (Wildman–Crippen MR) is 150 cm³/mol. The number of likely N-dealkylation sites (N-methyl/N-ethyl adjacent to an activating group) is 1. The summed E-state index contributed by atoms with van der Waals surface area (Å²) >= 11 is 18.2. The Labute approximate surface area is 237 Å². The van der Waals surface area contributed by atoms with Gasteiger partial charge < -0.3 is 15.0 Å². The molecule has 0 spiro atoms. The van der Waals surface area contributed by atoms with Crippen molar-refractivity contribution in [2.24, 2.45) is 0 Å². The summed E-state index contributed by atoms with van der Waals surface area (Å²) in [5, 5.41) is 3.55. The molecule has 202 valence electrons. The standard InChI is InChI=1S/C26H26Cl3N3O5S/c1-17(26(34)30-2)31(15-18-4-13-23(28)24(29)14-18)25(33)16-32(20-7-5-19(27)6-8-20)38(35,36)22-11-9-21(37-3)10-12-22/h4-14,17H,15-16H2,1-3H3,(H,30,34). The lowest BCUT2D eigenvalue weighted by Gasteiger charge is -2.31. The average molecular weight is 599 g/mol. The number of hydrogen-bond donors (Lipinski definition) is 1. The van der Waals surface area contributed by atoms with Gasteiger partial charge in [-0.25, -0.2) is 8.42 Å². The molecular weight excluding hydrogens is 573 g/mol. The summed E-state index contributed by atoms with van der Waals surface area (Å²) in [6.07, 6.45) is 0. The lowest BCUT2D eigenvalue weighted by Crippen LogP contribution is -2.50. The van der Waals surface area contributed by atoms with E-state index in [2.05, 4.69) is 5.32 Å². The van der Waals surface area contributed by atoms with E-state index in [1.165, 1.54) is 67.6 Å². The van der Waals surface area contributed by atoms with E-state index in [1.54, 1.807) is 25.1 Å². The third-order valence-corrected chi connectivity index (χ3v) is 8.57. The summed E-state index contributed by atoms with van der Waals surface area (Å²) in [5.41, 5.74) is 0.834. The zero-order valence-corrected chi connectivity index (χ0v) is 23.9. The van der Waals surface area contributed by atoms with Crippen molar-refractivity contribution in [3.8, 4) is 5.75 Å². The van der Waals surface area contributed by atoms with Gasteiger partial charge in [0, 0.05) is 18.6 Å². The highest BCUT2D eigenvalue weighted by Crippen LogP contribution is 2.28. The number of halogens is 3. The Hall–Kier alpha value is -2.98. The van der Waals surface area contributed by atoms with E-state index in [4.69, 9.17) is 39.5 Å². The van der Waals surface area contributed by atoms with Crippen LogP contribution in [0.1, 0.15) is 12.5 Å². The minimum Gasteiger partial charge on any atom is -0.497 e. The Morgan fingerprint density at radius 3 is 2.13 bits per heavy atom. The van der Waals surface area contributed by atoms with Gasteiger partial charge in [0.15, 0.2) is 0 Å². The molecular formula is C26H26Cl3N3O5S. The maximum Gasteiger partial charge on any atom is 0.264 e. The number of nitrogens with one attached hydrogen (secondary N) is 1. The summed E-state index contributed by atoms with van der Waals surface area (Å²) in [6, 6.07) is 15.8. The molecule has 3 aromatic rings. The van der Waals surface area contributed by atoms with Gasteiger partial charge in [-0.3, -0.25) is 13.9 Å². The third-order valence-electron chi connectivity index (χ3n) is 5.79. The summed E-state index contributed by atoms with van der Waals surface area (Å²) in [4.78, 5) is 27.5. The summed E-state index contributed by atoms with van der Waals surface area (Å²) in [6.45, 7) is 0.957. The fourth-order valence-electron chi connectivity index (χ4n) is 3.64. The number of anilines is 1. The Kier molecular flexibility index (Phi) is 9.89. The number of benzene rings is 3. The van der Waals surface area contributed by atoms with E-state index in [9.17, 15) is 18.0 Å². The molecule has 8 nitrogen and oxygen atoms in total. The fraction of sp³-hybridized carbons (Fsp3) is 0.231. The van der Waals surface area contributed by atoms with Crippen molar-refractivity contribution in [2.75, 3.05) is 25.0 Å². The lowest BCUT2D eigenvalue weighted by atomic mass is 10.1. The van der Waals surface area contributed by atoms with E-state index in [1.807, 2.05) is 0 Å². The van der Waals surface area contributed by atoms with E-state index in [0.717, 1.165) is 4.31 Å². The molecule has 1 unspecified atom stereocenters. The smallest absolute Gasteiger partial charge is 0.264 e. The second-order valence-corrected chi connectivity index (χ2v) is 11.3. The minimum atomic E-state index is -4.21. The normalized spacial score (nSPS) is 11.9. The van der Waals surface area contributed by atoms with Crippen molar-refractivity contribution in [1.82, 2.24) is 10.2 Å². The highest BCUT2D eigenvalue weighted by molar-refractivity contribution is 7.92. The first-order valence-corrected chi connectivity index (χ1v) is 13.9. The average Bonchev–Trinajstić information content (AvgIpc) is 2.91. The number of nitrogens with zero attached hydrogens (tertiary/aromatic N) is 2. The van der Waals surface area contributed by atoms with Gasteiger partial charge in [-0.1, -0.05) is 40.9 Å². The molecule has 1 atom stereocenters. The SMILES string of the molecule is CNC(=O)C(C)N(Cc1ccc(Cl)c(Cl)c1)C(=O)CN(c1ccc(Cl)cc1)S(=O)(=O)c1ccc(OC)cc1. The van der Waals surface area contributed by atoms with E-state index >= 15 is 0 Å². The van der Waals surface area contributed by atoms with Crippen LogP contribution in [0.5, 0.6) is 5.75 Å². The number of amides is 2.